The van der Waals surface area contributed by atoms with Gasteiger partial charge < -0.3 is 31.4 Å². The zero-order valence-corrected chi connectivity index (χ0v) is 16.7. The summed E-state index contributed by atoms with van der Waals surface area (Å²) in [6.45, 7) is 6.34. The number of aromatic nitrogens is 3. The van der Waals surface area contributed by atoms with Gasteiger partial charge >= 0.3 is 0 Å². The number of primary amides is 1. The summed E-state index contributed by atoms with van der Waals surface area (Å²) in [6.07, 6.45) is 3.43. The molecule has 9 heteroatoms. The minimum Gasteiger partial charge on any atom is -0.380 e. The second-order valence-corrected chi connectivity index (χ2v) is 6.59. The molecule has 9 nitrogen and oxygen atoms in total. The van der Waals surface area contributed by atoms with Crippen LogP contribution in [0.2, 0.25) is 0 Å². The lowest BCUT2D eigenvalue weighted by molar-refractivity contribution is 0.100. The number of aryl methyl sites for hydroxylation is 1. The molecule has 0 bridgehead atoms. The van der Waals surface area contributed by atoms with Crippen LogP contribution in [0.1, 0.15) is 24.2 Å². The number of ether oxygens (including phenoxy) is 1. The van der Waals surface area contributed by atoms with Crippen LogP contribution in [0.4, 0.5) is 17.5 Å². The van der Waals surface area contributed by atoms with Crippen molar-refractivity contribution in [3.63, 3.8) is 0 Å². The van der Waals surface area contributed by atoms with Gasteiger partial charge in [-0.05, 0) is 32.0 Å². The van der Waals surface area contributed by atoms with Crippen molar-refractivity contribution in [3.8, 4) is 0 Å². The highest BCUT2D eigenvalue weighted by Crippen LogP contribution is 2.28. The first-order chi connectivity index (χ1) is 14.0. The van der Waals surface area contributed by atoms with Crippen LogP contribution in [0.15, 0.2) is 36.7 Å². The van der Waals surface area contributed by atoms with E-state index in [9.17, 15) is 4.79 Å². The standard InChI is InChI=1S/C20H27N7O2/c1-3-27-9-8-14-16(6-5-7-17(14)27)25-19-15(18(22)28)11-24-20(26-19)23-10-13(21)12-29-4-2/h5-9,11,13H,3-4,10,12,21H2,1-2H3,(H2,22,28)(H2,23,24,25,26). The van der Waals surface area contributed by atoms with Crippen LogP contribution in [-0.2, 0) is 11.3 Å². The number of carbonyl (C=O) groups excluding carboxylic acids is 1. The summed E-state index contributed by atoms with van der Waals surface area (Å²) in [5.74, 6) is 0.0817. The summed E-state index contributed by atoms with van der Waals surface area (Å²) in [5, 5.41) is 7.33. The summed E-state index contributed by atoms with van der Waals surface area (Å²) in [4.78, 5) is 20.5. The number of nitrogens with one attached hydrogen (secondary N) is 2. The van der Waals surface area contributed by atoms with E-state index in [0.717, 1.165) is 23.1 Å². The summed E-state index contributed by atoms with van der Waals surface area (Å²) >= 11 is 0. The van der Waals surface area contributed by atoms with Crippen molar-refractivity contribution in [3.05, 3.63) is 42.2 Å². The summed E-state index contributed by atoms with van der Waals surface area (Å²) in [5.41, 5.74) is 13.6. The van der Waals surface area contributed by atoms with Crippen molar-refractivity contribution >= 4 is 34.3 Å². The molecule has 1 unspecified atom stereocenters. The molecule has 1 aromatic carbocycles. The van der Waals surface area contributed by atoms with Crippen molar-refractivity contribution in [1.82, 2.24) is 14.5 Å². The van der Waals surface area contributed by atoms with Gasteiger partial charge in [0, 0.05) is 49.2 Å². The highest BCUT2D eigenvalue weighted by molar-refractivity contribution is 6.00. The van der Waals surface area contributed by atoms with Gasteiger partial charge in [-0.2, -0.15) is 4.98 Å². The number of nitrogens with zero attached hydrogens (tertiary/aromatic N) is 3. The first kappa shape index (κ1) is 20.6. The molecule has 0 radical (unpaired) electrons. The predicted octanol–water partition coefficient (Wildman–Crippen LogP) is 2.07. The first-order valence-electron chi connectivity index (χ1n) is 9.62. The SMILES string of the molecule is CCOCC(N)CNc1ncc(C(N)=O)c(Nc2cccc3c2ccn3CC)n1. The van der Waals surface area contributed by atoms with E-state index < -0.39 is 5.91 Å². The van der Waals surface area contributed by atoms with Crippen LogP contribution < -0.4 is 22.1 Å². The van der Waals surface area contributed by atoms with Gasteiger partial charge in [-0.3, -0.25) is 4.79 Å². The quantitative estimate of drug-likeness (QED) is 0.411. The molecule has 2 aromatic heterocycles. The molecule has 2 heterocycles. The van der Waals surface area contributed by atoms with Gasteiger partial charge in [0.2, 0.25) is 5.95 Å². The Hall–Kier alpha value is -3.17. The molecule has 1 amide bonds. The Bertz CT molecular complexity index is 986. The zero-order chi connectivity index (χ0) is 20.8. The lowest BCUT2D eigenvalue weighted by atomic mass is 10.2. The number of rotatable bonds is 10. The lowest BCUT2D eigenvalue weighted by Crippen LogP contribution is -2.34. The third-order valence-corrected chi connectivity index (χ3v) is 4.52. The fraction of sp³-hybridized carbons (Fsp3) is 0.350. The van der Waals surface area contributed by atoms with E-state index in [1.807, 2.05) is 37.4 Å². The molecule has 0 saturated heterocycles. The number of hydrogen-bond donors (Lipinski definition) is 4. The zero-order valence-electron chi connectivity index (χ0n) is 16.7. The summed E-state index contributed by atoms with van der Waals surface area (Å²) in [7, 11) is 0. The van der Waals surface area contributed by atoms with Crippen molar-refractivity contribution in [2.45, 2.75) is 26.4 Å². The maximum absolute atomic E-state index is 11.9. The number of nitrogens with two attached hydrogens (primary N) is 2. The van der Waals surface area contributed by atoms with Gasteiger partial charge in [0.05, 0.1) is 12.1 Å². The fourth-order valence-electron chi connectivity index (χ4n) is 3.03. The van der Waals surface area contributed by atoms with Crippen molar-refractivity contribution in [2.75, 3.05) is 30.4 Å². The second kappa shape index (κ2) is 9.35. The Morgan fingerprint density at radius 1 is 1.31 bits per heavy atom. The van der Waals surface area contributed by atoms with E-state index in [2.05, 4.69) is 32.1 Å². The van der Waals surface area contributed by atoms with Crippen LogP contribution in [-0.4, -0.2) is 46.2 Å². The Morgan fingerprint density at radius 2 is 2.14 bits per heavy atom. The van der Waals surface area contributed by atoms with Gasteiger partial charge in [0.1, 0.15) is 11.4 Å². The highest BCUT2D eigenvalue weighted by atomic mass is 16.5. The van der Waals surface area contributed by atoms with E-state index in [4.69, 9.17) is 16.2 Å². The molecule has 3 rings (SSSR count). The molecule has 0 fully saturated rings. The molecule has 29 heavy (non-hydrogen) atoms. The van der Waals surface area contributed by atoms with Crippen molar-refractivity contribution in [1.29, 1.82) is 0 Å². The monoisotopic (exact) mass is 397 g/mol. The molecule has 0 saturated carbocycles. The van der Waals surface area contributed by atoms with Gasteiger partial charge in [-0.1, -0.05) is 6.07 Å². The highest BCUT2D eigenvalue weighted by Gasteiger charge is 2.15. The largest absolute Gasteiger partial charge is 0.380 e. The summed E-state index contributed by atoms with van der Waals surface area (Å²) < 4.78 is 7.45. The third kappa shape index (κ3) is 4.82. The molecule has 0 aliphatic heterocycles. The lowest BCUT2D eigenvalue weighted by Gasteiger charge is -2.15. The van der Waals surface area contributed by atoms with Crippen LogP contribution in [0.3, 0.4) is 0 Å². The van der Waals surface area contributed by atoms with Gasteiger partial charge in [0.25, 0.3) is 5.91 Å². The molecule has 0 aliphatic carbocycles. The van der Waals surface area contributed by atoms with Crippen LogP contribution in [0.25, 0.3) is 10.9 Å². The van der Waals surface area contributed by atoms with Gasteiger partial charge in [0.15, 0.2) is 0 Å². The molecule has 3 aromatic rings. The molecule has 0 spiro atoms. The third-order valence-electron chi connectivity index (χ3n) is 4.52. The Kier molecular flexibility index (Phi) is 6.63. The minimum absolute atomic E-state index is 0.201. The number of fused-ring (bicyclic) bond motifs is 1. The van der Waals surface area contributed by atoms with E-state index >= 15 is 0 Å². The Balaban J connectivity index is 1.85. The molecule has 154 valence electrons. The molecule has 0 aliphatic rings. The van der Waals surface area contributed by atoms with Crippen molar-refractivity contribution in [2.24, 2.45) is 11.5 Å². The smallest absolute Gasteiger partial charge is 0.254 e. The van der Waals surface area contributed by atoms with Crippen LogP contribution in [0, 0.1) is 0 Å². The van der Waals surface area contributed by atoms with Gasteiger partial charge in [-0.25, -0.2) is 4.98 Å². The van der Waals surface area contributed by atoms with E-state index in [1.165, 1.54) is 6.20 Å². The number of benzene rings is 1. The average Bonchev–Trinajstić information content (AvgIpc) is 3.15. The van der Waals surface area contributed by atoms with E-state index in [-0.39, 0.29) is 11.6 Å². The van der Waals surface area contributed by atoms with Crippen LogP contribution in [0.5, 0.6) is 0 Å². The Labute approximate surface area is 169 Å². The maximum Gasteiger partial charge on any atom is 0.254 e. The number of carbonyl (C=O) groups is 1. The van der Waals surface area contributed by atoms with Crippen molar-refractivity contribution < 1.29 is 9.53 Å². The second-order valence-electron chi connectivity index (χ2n) is 6.59. The number of hydrogen-bond acceptors (Lipinski definition) is 7. The van der Waals surface area contributed by atoms with Crippen LogP contribution >= 0.6 is 0 Å². The average molecular weight is 397 g/mol. The molecule has 6 N–H and O–H groups in total. The first-order valence-corrected chi connectivity index (χ1v) is 9.62. The Morgan fingerprint density at radius 3 is 2.86 bits per heavy atom. The normalized spacial score (nSPS) is 12.1. The molecule has 1 atom stereocenters. The number of anilines is 3. The summed E-state index contributed by atoms with van der Waals surface area (Å²) in [6, 6.07) is 7.76. The minimum atomic E-state index is -0.606. The van der Waals surface area contributed by atoms with E-state index in [1.54, 1.807) is 0 Å². The maximum atomic E-state index is 11.9. The topological polar surface area (TPSA) is 133 Å². The predicted molar refractivity (Wildman–Crippen MR) is 114 cm³/mol. The van der Waals surface area contributed by atoms with E-state index in [0.29, 0.717) is 31.5 Å². The fourth-order valence-corrected chi connectivity index (χ4v) is 3.03. The van der Waals surface area contributed by atoms with Gasteiger partial charge in [-0.15, -0.1) is 0 Å². The molecular formula is C20H27N7O2. The number of amides is 1. The molecular weight excluding hydrogens is 370 g/mol.